The molecule has 0 aliphatic carbocycles. The summed E-state index contributed by atoms with van der Waals surface area (Å²) in [7, 11) is 3.27. The zero-order chi connectivity index (χ0) is 25.1. The molecule has 2 aliphatic heterocycles. The second kappa shape index (κ2) is 7.97. The molecular formula is C22H28F3N7O2. The summed E-state index contributed by atoms with van der Waals surface area (Å²) in [5.41, 5.74) is 0.0292. The van der Waals surface area contributed by atoms with Crippen LogP contribution < -0.4 is 20.3 Å². The number of ether oxygens (including phenoxy) is 1. The van der Waals surface area contributed by atoms with Gasteiger partial charge in [0.25, 0.3) is 0 Å². The van der Waals surface area contributed by atoms with Crippen LogP contribution in [0.1, 0.15) is 40.5 Å². The Bertz CT molecular complexity index is 1110. The highest BCUT2D eigenvalue weighted by Crippen LogP contribution is 2.39. The van der Waals surface area contributed by atoms with Crippen LogP contribution in [0.2, 0.25) is 0 Å². The lowest BCUT2D eigenvalue weighted by molar-refractivity contribution is -0.192. The number of aromatic nitrogens is 3. The lowest BCUT2D eigenvalue weighted by Gasteiger charge is -2.53. The number of halogens is 3. The number of nitrogens with zero attached hydrogens (tertiary/aromatic N) is 5. The Kier molecular flexibility index (Phi) is 5.62. The smallest absolute Gasteiger partial charge is 0.421 e. The topological polar surface area (TPSA) is 95.5 Å². The van der Waals surface area contributed by atoms with E-state index >= 15 is 0 Å². The summed E-state index contributed by atoms with van der Waals surface area (Å²) in [6.07, 6.45) is -0.0818. The zero-order valence-corrected chi connectivity index (χ0v) is 19.9. The second-order valence-corrected chi connectivity index (χ2v) is 9.98. The van der Waals surface area contributed by atoms with Crippen LogP contribution in [-0.2, 0) is 4.79 Å². The normalized spacial score (nSPS) is 21.6. The van der Waals surface area contributed by atoms with E-state index in [0.29, 0.717) is 0 Å². The molecule has 2 N–H and O–H groups in total. The van der Waals surface area contributed by atoms with Gasteiger partial charge in [-0.3, -0.25) is 14.6 Å². The number of fused-ring (bicyclic) bond motifs is 1. The van der Waals surface area contributed by atoms with Crippen molar-refractivity contribution in [3.63, 3.8) is 0 Å². The number of pyridine rings is 1. The molecule has 0 unspecified atom stereocenters. The van der Waals surface area contributed by atoms with Crippen LogP contribution in [0, 0.1) is 5.82 Å². The lowest BCUT2D eigenvalue weighted by atomic mass is 9.77. The molecular weight excluding hydrogens is 451 g/mol. The van der Waals surface area contributed by atoms with E-state index in [4.69, 9.17) is 0 Å². The van der Waals surface area contributed by atoms with Crippen molar-refractivity contribution in [3.05, 3.63) is 24.3 Å². The third-order valence-electron chi connectivity index (χ3n) is 6.59. The lowest BCUT2D eigenvalue weighted by Crippen LogP contribution is -2.61. The molecule has 2 aromatic rings. The molecule has 0 saturated carbocycles. The van der Waals surface area contributed by atoms with Crippen LogP contribution in [0.5, 0.6) is 5.75 Å². The molecule has 1 amide bonds. The van der Waals surface area contributed by atoms with Crippen LogP contribution in [0.3, 0.4) is 0 Å². The Morgan fingerprint density at radius 3 is 2.38 bits per heavy atom. The number of amides is 1. The number of carbonyl (C=O) groups is 1. The van der Waals surface area contributed by atoms with E-state index in [2.05, 4.69) is 70.0 Å². The van der Waals surface area contributed by atoms with Gasteiger partial charge in [-0.2, -0.15) is 13.8 Å². The van der Waals surface area contributed by atoms with Gasteiger partial charge in [-0.05, 0) is 47.6 Å². The van der Waals surface area contributed by atoms with Crippen molar-refractivity contribution in [3.8, 4) is 5.75 Å². The Morgan fingerprint density at radius 2 is 1.74 bits per heavy atom. The molecule has 0 spiro atoms. The Hall–Kier alpha value is -3.15. The number of rotatable bonds is 4. The van der Waals surface area contributed by atoms with Gasteiger partial charge < -0.3 is 15.4 Å². The fourth-order valence-corrected chi connectivity index (χ4v) is 4.63. The SMILES string of the molecule is CN1C(=O)C(F)(F)Oc2cc(Nc3ncc(F)c(NC4CC(C)(C)N(C)C(C)(C)C4)n3)cnc21. The minimum atomic E-state index is -4.00. The van der Waals surface area contributed by atoms with Gasteiger partial charge in [0.05, 0.1) is 18.1 Å². The van der Waals surface area contributed by atoms with Gasteiger partial charge in [-0.15, -0.1) is 0 Å². The minimum absolute atomic E-state index is 0.0208. The molecule has 0 aromatic carbocycles. The van der Waals surface area contributed by atoms with Crippen molar-refractivity contribution >= 4 is 29.2 Å². The Labute approximate surface area is 195 Å². The molecule has 34 heavy (non-hydrogen) atoms. The summed E-state index contributed by atoms with van der Waals surface area (Å²) in [5.74, 6) is -2.36. The van der Waals surface area contributed by atoms with E-state index in [0.717, 1.165) is 23.9 Å². The largest absolute Gasteiger partial charge is 0.483 e. The predicted molar refractivity (Wildman–Crippen MR) is 121 cm³/mol. The summed E-state index contributed by atoms with van der Waals surface area (Å²) >= 11 is 0. The second-order valence-electron chi connectivity index (χ2n) is 9.98. The van der Waals surface area contributed by atoms with Crippen LogP contribution >= 0.6 is 0 Å². The number of nitrogens with one attached hydrogen (secondary N) is 2. The molecule has 0 bridgehead atoms. The molecule has 184 valence electrons. The Balaban J connectivity index is 1.54. The molecule has 1 saturated heterocycles. The van der Waals surface area contributed by atoms with Crippen molar-refractivity contribution in [2.45, 2.75) is 63.8 Å². The average Bonchev–Trinajstić information content (AvgIpc) is 2.72. The average molecular weight is 480 g/mol. The molecule has 0 radical (unpaired) electrons. The molecule has 2 aliphatic rings. The Morgan fingerprint density at radius 1 is 1.09 bits per heavy atom. The van der Waals surface area contributed by atoms with Crippen LogP contribution in [0.25, 0.3) is 0 Å². The maximum absolute atomic E-state index is 14.5. The zero-order valence-electron chi connectivity index (χ0n) is 19.9. The van der Waals surface area contributed by atoms with E-state index < -0.39 is 17.8 Å². The van der Waals surface area contributed by atoms with E-state index in [9.17, 15) is 18.0 Å². The first-order valence-electron chi connectivity index (χ1n) is 10.8. The first-order chi connectivity index (χ1) is 15.7. The first kappa shape index (κ1) is 24.0. The number of alkyl halides is 2. The third-order valence-corrected chi connectivity index (χ3v) is 6.59. The van der Waals surface area contributed by atoms with Crippen molar-refractivity contribution in [1.82, 2.24) is 19.9 Å². The highest BCUT2D eigenvalue weighted by Gasteiger charge is 2.50. The monoisotopic (exact) mass is 479 g/mol. The van der Waals surface area contributed by atoms with Gasteiger partial charge in [0.2, 0.25) is 5.95 Å². The van der Waals surface area contributed by atoms with Gasteiger partial charge >= 0.3 is 12.0 Å². The molecule has 9 nitrogen and oxygen atoms in total. The standard InChI is InChI=1S/C22H28F3N7O2/c1-20(2)8-13(9-21(3,4)32(20)6)28-16-14(23)11-27-19(30-16)29-12-7-15-17(26-10-12)31(5)18(33)22(24,25)34-15/h7,10-11,13H,8-9H2,1-6H3,(H2,27,28,29,30). The third kappa shape index (κ3) is 4.33. The van der Waals surface area contributed by atoms with Crippen molar-refractivity contribution in [1.29, 1.82) is 0 Å². The number of hydrogen-bond donors (Lipinski definition) is 2. The van der Waals surface area contributed by atoms with Gasteiger partial charge in [0.1, 0.15) is 0 Å². The minimum Gasteiger partial charge on any atom is -0.421 e. The van der Waals surface area contributed by atoms with Crippen molar-refractivity contribution in [2.24, 2.45) is 0 Å². The number of likely N-dealkylation sites (N-methyl/N-ethyl adjacent to an activating group) is 1. The summed E-state index contributed by atoms with van der Waals surface area (Å²) in [6, 6.07) is 1.23. The maximum Gasteiger partial charge on any atom is 0.483 e. The molecule has 0 atom stereocenters. The summed E-state index contributed by atoms with van der Waals surface area (Å²) in [4.78, 5) is 26.9. The number of carbonyl (C=O) groups excluding carboxylic acids is 1. The number of piperidine rings is 1. The summed E-state index contributed by atoms with van der Waals surface area (Å²) < 4.78 is 46.7. The molecule has 1 fully saturated rings. The van der Waals surface area contributed by atoms with Gasteiger partial charge in [-0.25, -0.2) is 14.4 Å². The maximum atomic E-state index is 14.5. The van der Waals surface area contributed by atoms with Crippen LogP contribution in [0.4, 0.5) is 36.4 Å². The van der Waals surface area contributed by atoms with Gasteiger partial charge in [0, 0.05) is 30.2 Å². The van der Waals surface area contributed by atoms with E-state index in [-0.39, 0.29) is 46.1 Å². The van der Waals surface area contributed by atoms with Crippen LogP contribution in [-0.4, -0.2) is 63.1 Å². The number of hydrogen-bond acceptors (Lipinski definition) is 8. The number of anilines is 4. The van der Waals surface area contributed by atoms with Crippen molar-refractivity contribution < 1.29 is 22.7 Å². The molecule has 2 aromatic heterocycles. The fourth-order valence-electron chi connectivity index (χ4n) is 4.63. The van der Waals surface area contributed by atoms with Gasteiger partial charge in [-0.1, -0.05) is 0 Å². The summed E-state index contributed by atoms with van der Waals surface area (Å²) in [6.45, 7) is 8.58. The first-order valence-corrected chi connectivity index (χ1v) is 10.8. The fraction of sp³-hybridized carbons (Fsp3) is 0.545. The van der Waals surface area contributed by atoms with E-state index in [1.807, 2.05) is 0 Å². The van der Waals surface area contributed by atoms with E-state index in [1.54, 1.807) is 0 Å². The van der Waals surface area contributed by atoms with Crippen molar-refractivity contribution in [2.75, 3.05) is 29.6 Å². The molecule has 12 heteroatoms. The quantitative estimate of drug-likeness (QED) is 0.685. The predicted octanol–water partition coefficient (Wildman–Crippen LogP) is 3.77. The highest BCUT2D eigenvalue weighted by atomic mass is 19.3. The van der Waals surface area contributed by atoms with E-state index in [1.165, 1.54) is 19.3 Å². The van der Waals surface area contributed by atoms with Gasteiger partial charge in [0.15, 0.2) is 23.2 Å². The summed E-state index contributed by atoms with van der Waals surface area (Å²) in [5, 5.41) is 6.03. The van der Waals surface area contributed by atoms with Crippen LogP contribution in [0.15, 0.2) is 18.5 Å². The molecule has 4 rings (SSSR count). The highest BCUT2D eigenvalue weighted by molar-refractivity contribution is 5.99. The number of likely N-dealkylation sites (tertiary alicyclic amines) is 1. The molecule has 4 heterocycles.